The lowest BCUT2D eigenvalue weighted by molar-refractivity contribution is 0.601. The quantitative estimate of drug-likeness (QED) is 0.514. The molecule has 0 saturated carbocycles. The minimum atomic E-state index is -3.87. The van der Waals surface area contributed by atoms with Gasteiger partial charge in [0.1, 0.15) is 4.90 Å². The van der Waals surface area contributed by atoms with Gasteiger partial charge in [0.15, 0.2) is 0 Å². The van der Waals surface area contributed by atoms with Crippen LogP contribution < -0.4 is 4.72 Å². The highest BCUT2D eigenvalue weighted by Gasteiger charge is 2.21. The molecule has 0 aliphatic carbocycles. The summed E-state index contributed by atoms with van der Waals surface area (Å²) in [6.07, 6.45) is 0. The Bertz CT molecular complexity index is 986. The van der Waals surface area contributed by atoms with Crippen LogP contribution in [0.2, 0.25) is 15.1 Å². The Labute approximate surface area is 158 Å². The van der Waals surface area contributed by atoms with Crippen molar-refractivity contribution in [3.8, 4) is 10.4 Å². The molecular formula is C16H10Cl3NO2S2. The molecule has 0 radical (unpaired) electrons. The van der Waals surface area contributed by atoms with Crippen LogP contribution in [0.25, 0.3) is 10.4 Å². The molecule has 0 saturated heterocycles. The Morgan fingerprint density at radius 2 is 1.62 bits per heavy atom. The number of thiophene rings is 1. The maximum Gasteiger partial charge on any atom is 0.263 e. The van der Waals surface area contributed by atoms with Gasteiger partial charge < -0.3 is 0 Å². The molecule has 3 aromatic rings. The van der Waals surface area contributed by atoms with E-state index in [1.807, 2.05) is 30.3 Å². The summed E-state index contributed by atoms with van der Waals surface area (Å²) in [5.74, 6) is 0. The van der Waals surface area contributed by atoms with E-state index in [2.05, 4.69) is 4.72 Å². The minimum absolute atomic E-state index is 0.0106. The van der Waals surface area contributed by atoms with Crippen molar-refractivity contribution < 1.29 is 8.42 Å². The number of nitrogens with one attached hydrogen (secondary N) is 1. The average Bonchev–Trinajstić information content (AvgIpc) is 3.01. The standard InChI is InChI=1S/C16H10Cl3NO2S2/c17-12-6-7-14(16(19)15(12)18)24(21,22)20-11-8-13(23-9-11)10-4-2-1-3-5-10/h1-9,20H. The Balaban J connectivity index is 1.91. The molecule has 1 heterocycles. The molecule has 0 bridgehead atoms. The van der Waals surface area contributed by atoms with Gasteiger partial charge in [-0.3, -0.25) is 4.72 Å². The molecule has 1 N–H and O–H groups in total. The third kappa shape index (κ3) is 3.55. The lowest BCUT2D eigenvalue weighted by atomic mass is 10.2. The van der Waals surface area contributed by atoms with E-state index in [1.165, 1.54) is 23.5 Å². The lowest BCUT2D eigenvalue weighted by Gasteiger charge is -2.09. The van der Waals surface area contributed by atoms with Crippen molar-refractivity contribution in [2.75, 3.05) is 4.72 Å². The largest absolute Gasteiger partial charge is 0.279 e. The molecule has 2 aromatic carbocycles. The first kappa shape index (κ1) is 17.6. The van der Waals surface area contributed by atoms with E-state index in [1.54, 1.807) is 11.4 Å². The van der Waals surface area contributed by atoms with Gasteiger partial charge in [0.25, 0.3) is 10.0 Å². The van der Waals surface area contributed by atoms with Crippen molar-refractivity contribution in [1.29, 1.82) is 0 Å². The van der Waals surface area contributed by atoms with Gasteiger partial charge in [0, 0.05) is 10.3 Å². The van der Waals surface area contributed by atoms with Gasteiger partial charge in [0.05, 0.1) is 20.8 Å². The first-order chi connectivity index (χ1) is 11.4. The van der Waals surface area contributed by atoms with E-state index in [4.69, 9.17) is 34.8 Å². The van der Waals surface area contributed by atoms with Crippen molar-refractivity contribution in [3.05, 3.63) is 69.0 Å². The van der Waals surface area contributed by atoms with Gasteiger partial charge in [-0.1, -0.05) is 65.1 Å². The molecule has 0 aliphatic rings. The molecular weight excluding hydrogens is 409 g/mol. The number of sulfonamides is 1. The van der Waals surface area contributed by atoms with Crippen LogP contribution in [0.4, 0.5) is 5.69 Å². The second kappa shape index (κ2) is 6.94. The highest BCUT2D eigenvalue weighted by Crippen LogP contribution is 2.36. The maximum atomic E-state index is 12.5. The topological polar surface area (TPSA) is 46.2 Å². The minimum Gasteiger partial charge on any atom is -0.279 e. The van der Waals surface area contributed by atoms with Crippen LogP contribution in [-0.2, 0) is 10.0 Å². The van der Waals surface area contributed by atoms with Gasteiger partial charge in [-0.05, 0) is 23.8 Å². The first-order valence-corrected chi connectivity index (χ1v) is 10.2. The van der Waals surface area contributed by atoms with Crippen molar-refractivity contribution in [1.82, 2.24) is 0 Å². The van der Waals surface area contributed by atoms with E-state index in [9.17, 15) is 8.42 Å². The van der Waals surface area contributed by atoms with Crippen molar-refractivity contribution >= 4 is 61.9 Å². The van der Waals surface area contributed by atoms with Crippen LogP contribution in [-0.4, -0.2) is 8.42 Å². The summed E-state index contributed by atoms with van der Waals surface area (Å²) in [4.78, 5) is 0.833. The fraction of sp³-hybridized carbons (Fsp3) is 0. The van der Waals surface area contributed by atoms with E-state index in [-0.39, 0.29) is 20.0 Å². The van der Waals surface area contributed by atoms with Gasteiger partial charge in [-0.2, -0.15) is 0 Å². The highest BCUT2D eigenvalue weighted by molar-refractivity contribution is 7.92. The smallest absolute Gasteiger partial charge is 0.263 e. The number of rotatable bonds is 4. The summed E-state index contributed by atoms with van der Waals surface area (Å²) >= 11 is 19.2. The van der Waals surface area contributed by atoms with Gasteiger partial charge in [-0.25, -0.2) is 8.42 Å². The predicted octanol–water partition coefficient (Wildman–Crippen LogP) is 6.18. The molecule has 24 heavy (non-hydrogen) atoms. The summed E-state index contributed by atoms with van der Waals surface area (Å²) in [5, 5.41) is 1.83. The highest BCUT2D eigenvalue weighted by atomic mass is 35.5. The van der Waals surface area contributed by atoms with Gasteiger partial charge in [-0.15, -0.1) is 11.3 Å². The Morgan fingerprint density at radius 1 is 0.917 bits per heavy atom. The Morgan fingerprint density at radius 3 is 2.33 bits per heavy atom. The number of hydrogen-bond donors (Lipinski definition) is 1. The second-order valence-corrected chi connectivity index (χ2v) is 8.57. The second-order valence-electron chi connectivity index (χ2n) is 4.84. The van der Waals surface area contributed by atoms with E-state index < -0.39 is 10.0 Å². The Hall–Kier alpha value is -1.24. The predicted molar refractivity (Wildman–Crippen MR) is 102 cm³/mol. The fourth-order valence-electron chi connectivity index (χ4n) is 2.07. The van der Waals surface area contributed by atoms with Gasteiger partial charge >= 0.3 is 0 Å². The first-order valence-electron chi connectivity index (χ1n) is 6.69. The van der Waals surface area contributed by atoms with E-state index >= 15 is 0 Å². The molecule has 0 amide bonds. The summed E-state index contributed by atoms with van der Waals surface area (Å²) < 4.78 is 27.6. The number of anilines is 1. The molecule has 0 aliphatic heterocycles. The van der Waals surface area contributed by atoms with Crippen LogP contribution in [0.5, 0.6) is 0 Å². The zero-order chi connectivity index (χ0) is 17.3. The SMILES string of the molecule is O=S(=O)(Nc1csc(-c2ccccc2)c1)c1ccc(Cl)c(Cl)c1Cl. The average molecular weight is 419 g/mol. The van der Waals surface area contributed by atoms with Crippen LogP contribution in [0, 0.1) is 0 Å². The fourth-order valence-corrected chi connectivity index (χ4v) is 5.01. The van der Waals surface area contributed by atoms with E-state index in [0.717, 1.165) is 10.4 Å². The Kier molecular flexibility index (Phi) is 5.08. The summed E-state index contributed by atoms with van der Waals surface area (Å²) in [7, 11) is -3.87. The number of hydrogen-bond acceptors (Lipinski definition) is 3. The molecule has 3 rings (SSSR count). The third-order valence-electron chi connectivity index (χ3n) is 3.20. The zero-order valence-corrected chi connectivity index (χ0v) is 15.9. The molecule has 0 atom stereocenters. The molecule has 0 spiro atoms. The van der Waals surface area contributed by atoms with Crippen LogP contribution in [0.3, 0.4) is 0 Å². The molecule has 124 valence electrons. The number of halogens is 3. The van der Waals surface area contributed by atoms with Crippen LogP contribution in [0.15, 0.2) is 58.8 Å². The number of benzene rings is 2. The van der Waals surface area contributed by atoms with Crippen LogP contribution >= 0.6 is 46.1 Å². The van der Waals surface area contributed by atoms with Crippen molar-refractivity contribution in [2.24, 2.45) is 0 Å². The summed E-state index contributed by atoms with van der Waals surface area (Å²) in [6, 6.07) is 14.2. The van der Waals surface area contributed by atoms with E-state index in [0.29, 0.717) is 5.69 Å². The molecule has 0 fully saturated rings. The molecule has 1 aromatic heterocycles. The summed E-state index contributed by atoms with van der Waals surface area (Å²) in [5.41, 5.74) is 1.47. The zero-order valence-electron chi connectivity index (χ0n) is 12.0. The normalized spacial score (nSPS) is 11.5. The molecule has 0 unspecified atom stereocenters. The maximum absolute atomic E-state index is 12.5. The van der Waals surface area contributed by atoms with Crippen molar-refractivity contribution in [3.63, 3.8) is 0 Å². The monoisotopic (exact) mass is 417 g/mol. The van der Waals surface area contributed by atoms with Crippen molar-refractivity contribution in [2.45, 2.75) is 4.90 Å². The third-order valence-corrected chi connectivity index (χ3v) is 7.01. The molecule has 8 heteroatoms. The van der Waals surface area contributed by atoms with Crippen LogP contribution in [0.1, 0.15) is 0 Å². The van der Waals surface area contributed by atoms with Gasteiger partial charge in [0.2, 0.25) is 0 Å². The molecule has 3 nitrogen and oxygen atoms in total. The summed E-state index contributed by atoms with van der Waals surface area (Å²) in [6.45, 7) is 0. The lowest BCUT2D eigenvalue weighted by Crippen LogP contribution is -2.13.